The van der Waals surface area contributed by atoms with E-state index in [1.165, 1.54) is 0 Å². The van der Waals surface area contributed by atoms with E-state index >= 15 is 0 Å². The van der Waals surface area contributed by atoms with Crippen LogP contribution in [-0.2, 0) is 4.74 Å². The van der Waals surface area contributed by atoms with Crippen LogP contribution in [0.5, 0.6) is 0 Å². The van der Waals surface area contributed by atoms with Crippen LogP contribution in [0.25, 0.3) is 0 Å². The van der Waals surface area contributed by atoms with Crippen LogP contribution >= 0.6 is 0 Å². The molecule has 1 amide bonds. The Morgan fingerprint density at radius 3 is 2.95 bits per heavy atom. The second kappa shape index (κ2) is 6.29. The molecular formula is C18H26N2O2. The van der Waals surface area contributed by atoms with Crippen molar-refractivity contribution in [1.29, 1.82) is 0 Å². The number of hydrogen-bond acceptors (Lipinski definition) is 3. The monoisotopic (exact) mass is 302 g/mol. The molecule has 0 aliphatic carbocycles. The van der Waals surface area contributed by atoms with Gasteiger partial charge in [-0.25, -0.2) is 0 Å². The number of hydrogen-bond donors (Lipinski definition) is 1. The van der Waals surface area contributed by atoms with E-state index in [9.17, 15) is 4.79 Å². The van der Waals surface area contributed by atoms with Crippen molar-refractivity contribution in [3.63, 3.8) is 0 Å². The SMILES string of the molecule is CCCCC1(C)Nc2ccccc2C(=O)N1CC1CCCO1. The Morgan fingerprint density at radius 2 is 2.23 bits per heavy atom. The molecule has 1 aromatic carbocycles. The summed E-state index contributed by atoms with van der Waals surface area (Å²) in [7, 11) is 0. The van der Waals surface area contributed by atoms with Gasteiger partial charge >= 0.3 is 0 Å². The lowest BCUT2D eigenvalue weighted by molar-refractivity contribution is 0.0228. The van der Waals surface area contributed by atoms with Gasteiger partial charge in [-0.1, -0.05) is 25.5 Å². The molecule has 0 radical (unpaired) electrons. The van der Waals surface area contributed by atoms with Crippen molar-refractivity contribution >= 4 is 11.6 Å². The molecule has 1 aromatic rings. The average Bonchev–Trinajstić information content (AvgIpc) is 3.03. The van der Waals surface area contributed by atoms with Gasteiger partial charge in [-0.05, 0) is 44.7 Å². The molecule has 120 valence electrons. The van der Waals surface area contributed by atoms with Gasteiger partial charge < -0.3 is 15.0 Å². The lowest BCUT2D eigenvalue weighted by atomic mass is 9.95. The molecule has 0 bridgehead atoms. The van der Waals surface area contributed by atoms with Crippen LogP contribution in [0.4, 0.5) is 5.69 Å². The van der Waals surface area contributed by atoms with Crippen molar-refractivity contribution in [1.82, 2.24) is 4.90 Å². The standard InChI is InChI=1S/C18H26N2O2/c1-3-4-11-18(2)19-16-10-6-5-9-15(16)17(21)20(18)13-14-8-7-12-22-14/h5-6,9-10,14,19H,3-4,7-8,11-13H2,1-2H3. The molecule has 22 heavy (non-hydrogen) atoms. The highest BCUT2D eigenvalue weighted by molar-refractivity contribution is 6.02. The molecule has 1 N–H and O–H groups in total. The summed E-state index contributed by atoms with van der Waals surface area (Å²) in [4.78, 5) is 15.0. The van der Waals surface area contributed by atoms with E-state index in [2.05, 4.69) is 19.2 Å². The second-order valence-electron chi connectivity index (χ2n) is 6.60. The van der Waals surface area contributed by atoms with Crippen molar-refractivity contribution < 1.29 is 9.53 Å². The maximum absolute atomic E-state index is 13.0. The fourth-order valence-electron chi connectivity index (χ4n) is 3.50. The normalized spacial score (nSPS) is 27.6. The zero-order chi connectivity index (χ0) is 15.6. The van der Waals surface area contributed by atoms with Crippen molar-refractivity contribution in [3.05, 3.63) is 29.8 Å². The summed E-state index contributed by atoms with van der Waals surface area (Å²) in [6, 6.07) is 7.82. The second-order valence-corrected chi connectivity index (χ2v) is 6.60. The summed E-state index contributed by atoms with van der Waals surface area (Å²) in [5.74, 6) is 0.128. The van der Waals surface area contributed by atoms with Crippen LogP contribution in [0, 0.1) is 0 Å². The molecule has 2 unspecified atom stereocenters. The Bertz CT molecular complexity index is 540. The maximum atomic E-state index is 13.0. The lowest BCUT2D eigenvalue weighted by Gasteiger charge is -2.47. The Balaban J connectivity index is 1.89. The topological polar surface area (TPSA) is 41.6 Å². The number of nitrogens with one attached hydrogen (secondary N) is 1. The summed E-state index contributed by atoms with van der Waals surface area (Å²) in [6.07, 6.45) is 5.51. The highest BCUT2D eigenvalue weighted by Gasteiger charge is 2.41. The average molecular weight is 302 g/mol. The minimum absolute atomic E-state index is 0.128. The molecule has 2 aliphatic heterocycles. The largest absolute Gasteiger partial charge is 0.376 e. The quantitative estimate of drug-likeness (QED) is 0.903. The number of unbranched alkanes of at least 4 members (excludes halogenated alkanes) is 1. The number of carbonyl (C=O) groups is 1. The predicted molar refractivity (Wildman–Crippen MR) is 88.0 cm³/mol. The highest BCUT2D eigenvalue weighted by atomic mass is 16.5. The Kier molecular flexibility index (Phi) is 4.39. The van der Waals surface area contributed by atoms with Crippen molar-refractivity contribution in [2.75, 3.05) is 18.5 Å². The summed E-state index contributed by atoms with van der Waals surface area (Å²) < 4.78 is 5.77. The molecule has 3 rings (SSSR count). The van der Waals surface area contributed by atoms with E-state index in [1.807, 2.05) is 29.2 Å². The van der Waals surface area contributed by atoms with Crippen LogP contribution in [0.2, 0.25) is 0 Å². The van der Waals surface area contributed by atoms with E-state index in [1.54, 1.807) is 0 Å². The van der Waals surface area contributed by atoms with Crippen LogP contribution in [0.3, 0.4) is 0 Å². The molecule has 4 nitrogen and oxygen atoms in total. The van der Waals surface area contributed by atoms with Gasteiger partial charge in [-0.2, -0.15) is 0 Å². The maximum Gasteiger partial charge on any atom is 0.257 e. The van der Waals surface area contributed by atoms with Crippen LogP contribution < -0.4 is 5.32 Å². The summed E-state index contributed by atoms with van der Waals surface area (Å²) in [5, 5.41) is 3.61. The Labute approximate surface area is 132 Å². The van der Waals surface area contributed by atoms with Crippen LogP contribution in [-0.4, -0.2) is 35.7 Å². The number of benzene rings is 1. The molecule has 4 heteroatoms. The number of para-hydroxylation sites is 1. The molecular weight excluding hydrogens is 276 g/mol. The summed E-state index contributed by atoms with van der Waals surface area (Å²) in [6.45, 7) is 5.83. The first-order valence-electron chi connectivity index (χ1n) is 8.45. The number of anilines is 1. The predicted octanol–water partition coefficient (Wildman–Crippen LogP) is 3.64. The summed E-state index contributed by atoms with van der Waals surface area (Å²) >= 11 is 0. The molecule has 0 aromatic heterocycles. The highest BCUT2D eigenvalue weighted by Crippen LogP contribution is 2.35. The molecule has 2 atom stereocenters. The third-order valence-electron chi connectivity index (χ3n) is 4.83. The third-order valence-corrected chi connectivity index (χ3v) is 4.83. The first-order chi connectivity index (χ1) is 10.6. The first-order valence-corrected chi connectivity index (χ1v) is 8.45. The lowest BCUT2D eigenvalue weighted by Crippen LogP contribution is -2.59. The Morgan fingerprint density at radius 1 is 1.41 bits per heavy atom. The number of nitrogens with zero attached hydrogens (tertiary/aromatic N) is 1. The fourth-order valence-corrected chi connectivity index (χ4v) is 3.50. The molecule has 2 heterocycles. The molecule has 0 saturated carbocycles. The van der Waals surface area contributed by atoms with Gasteiger partial charge in [0.25, 0.3) is 5.91 Å². The van der Waals surface area contributed by atoms with Gasteiger partial charge in [0.15, 0.2) is 0 Å². The molecule has 0 spiro atoms. The van der Waals surface area contributed by atoms with Gasteiger partial charge in [-0.3, -0.25) is 4.79 Å². The molecule has 1 fully saturated rings. The van der Waals surface area contributed by atoms with Gasteiger partial charge in [0.05, 0.1) is 11.7 Å². The van der Waals surface area contributed by atoms with E-state index in [0.29, 0.717) is 6.54 Å². The van der Waals surface area contributed by atoms with Gasteiger partial charge in [0.1, 0.15) is 5.66 Å². The smallest absolute Gasteiger partial charge is 0.257 e. The minimum atomic E-state index is -0.326. The zero-order valence-corrected chi connectivity index (χ0v) is 13.6. The molecule has 1 saturated heterocycles. The number of rotatable bonds is 5. The minimum Gasteiger partial charge on any atom is -0.376 e. The van der Waals surface area contributed by atoms with E-state index in [-0.39, 0.29) is 17.7 Å². The number of carbonyl (C=O) groups excluding carboxylic acids is 1. The molecule has 2 aliphatic rings. The van der Waals surface area contributed by atoms with Crippen molar-refractivity contribution in [3.8, 4) is 0 Å². The van der Waals surface area contributed by atoms with Crippen molar-refractivity contribution in [2.24, 2.45) is 0 Å². The van der Waals surface area contributed by atoms with E-state index < -0.39 is 0 Å². The van der Waals surface area contributed by atoms with Crippen LogP contribution in [0.15, 0.2) is 24.3 Å². The third kappa shape index (κ3) is 2.84. The fraction of sp³-hybridized carbons (Fsp3) is 0.611. The number of fused-ring (bicyclic) bond motifs is 1. The summed E-state index contributed by atoms with van der Waals surface area (Å²) in [5.41, 5.74) is 1.40. The van der Waals surface area contributed by atoms with E-state index in [0.717, 1.165) is 50.0 Å². The van der Waals surface area contributed by atoms with Crippen molar-refractivity contribution in [2.45, 2.75) is 57.7 Å². The number of amides is 1. The van der Waals surface area contributed by atoms with E-state index in [4.69, 9.17) is 4.74 Å². The number of ether oxygens (including phenoxy) is 1. The Hall–Kier alpha value is -1.55. The van der Waals surface area contributed by atoms with Gasteiger partial charge in [0.2, 0.25) is 0 Å². The van der Waals surface area contributed by atoms with Crippen LogP contribution in [0.1, 0.15) is 56.3 Å². The zero-order valence-electron chi connectivity index (χ0n) is 13.6. The first kappa shape index (κ1) is 15.3. The van der Waals surface area contributed by atoms with Gasteiger partial charge in [0, 0.05) is 18.8 Å². The van der Waals surface area contributed by atoms with Gasteiger partial charge in [-0.15, -0.1) is 0 Å².